The molecule has 0 aliphatic carbocycles. The second kappa shape index (κ2) is 6.27. The predicted molar refractivity (Wildman–Crippen MR) is 71.7 cm³/mol. The minimum atomic E-state index is -0.154. The summed E-state index contributed by atoms with van der Waals surface area (Å²) in [7, 11) is 1.58. The van der Waals surface area contributed by atoms with Crippen LogP contribution in [0.4, 0.5) is 5.69 Å². The Balaban J connectivity index is 2.82. The van der Waals surface area contributed by atoms with E-state index in [2.05, 4.69) is 11.4 Å². The molecule has 0 spiro atoms. The molecule has 18 heavy (non-hydrogen) atoms. The van der Waals surface area contributed by atoms with Gasteiger partial charge in [0, 0.05) is 18.0 Å². The molecule has 1 rings (SSSR count). The van der Waals surface area contributed by atoms with Crippen LogP contribution in [0.5, 0.6) is 5.75 Å². The molecular weight excluding hydrogens is 228 g/mol. The Hall–Kier alpha value is -1.73. The third-order valence-electron chi connectivity index (χ3n) is 3.27. The molecule has 1 atom stereocenters. The molecular formula is C14H20N2O2. The van der Waals surface area contributed by atoms with Crippen LogP contribution in [0.15, 0.2) is 18.2 Å². The van der Waals surface area contributed by atoms with Crippen LogP contribution >= 0.6 is 0 Å². The number of nitriles is 1. The highest BCUT2D eigenvalue weighted by atomic mass is 16.5. The molecule has 2 N–H and O–H groups in total. The van der Waals surface area contributed by atoms with Gasteiger partial charge >= 0.3 is 0 Å². The zero-order chi connectivity index (χ0) is 13.6. The molecule has 1 aromatic carbocycles. The minimum absolute atomic E-state index is 0.134. The van der Waals surface area contributed by atoms with Crippen molar-refractivity contribution in [1.29, 1.82) is 5.26 Å². The first-order chi connectivity index (χ1) is 8.58. The number of anilines is 1. The van der Waals surface area contributed by atoms with Gasteiger partial charge in [-0.25, -0.2) is 0 Å². The van der Waals surface area contributed by atoms with Crippen LogP contribution in [-0.2, 0) is 0 Å². The summed E-state index contributed by atoms with van der Waals surface area (Å²) in [5.41, 5.74) is 1.25. The Kier molecular flexibility index (Phi) is 4.99. The van der Waals surface area contributed by atoms with E-state index in [4.69, 9.17) is 10.00 Å². The number of rotatable bonds is 6. The maximum Gasteiger partial charge on any atom is 0.143 e. The second-order valence-corrected chi connectivity index (χ2v) is 4.70. The fraction of sp³-hybridized carbons (Fsp3) is 0.500. The molecule has 1 aromatic rings. The largest absolute Gasteiger partial charge is 0.495 e. The molecule has 0 saturated carbocycles. The summed E-state index contributed by atoms with van der Waals surface area (Å²) in [5, 5.41) is 21.4. The van der Waals surface area contributed by atoms with Crippen LogP contribution < -0.4 is 10.1 Å². The predicted octanol–water partition coefficient (Wildman–Crippen LogP) is 2.39. The lowest BCUT2D eigenvalue weighted by molar-refractivity contribution is 0.149. The maximum atomic E-state index is 9.36. The average Bonchev–Trinajstić information content (AvgIpc) is 2.44. The van der Waals surface area contributed by atoms with E-state index in [1.807, 2.05) is 19.9 Å². The summed E-state index contributed by atoms with van der Waals surface area (Å²) >= 11 is 0. The smallest absolute Gasteiger partial charge is 0.143 e. The number of nitrogens with one attached hydrogen (secondary N) is 1. The maximum absolute atomic E-state index is 9.36. The van der Waals surface area contributed by atoms with E-state index >= 15 is 0 Å². The van der Waals surface area contributed by atoms with Gasteiger partial charge in [-0.15, -0.1) is 0 Å². The van der Waals surface area contributed by atoms with Gasteiger partial charge in [0.25, 0.3) is 0 Å². The van der Waals surface area contributed by atoms with Gasteiger partial charge in [-0.2, -0.15) is 5.26 Å². The van der Waals surface area contributed by atoms with E-state index in [1.54, 1.807) is 19.2 Å². The molecule has 4 nitrogen and oxygen atoms in total. The first kappa shape index (κ1) is 14.3. The molecule has 0 fully saturated rings. The van der Waals surface area contributed by atoms with Gasteiger partial charge in [0.1, 0.15) is 5.75 Å². The number of benzene rings is 1. The highest BCUT2D eigenvalue weighted by molar-refractivity contribution is 5.59. The Morgan fingerprint density at radius 3 is 2.72 bits per heavy atom. The van der Waals surface area contributed by atoms with Gasteiger partial charge in [-0.05, 0) is 18.6 Å². The van der Waals surface area contributed by atoms with Crippen LogP contribution in [0.25, 0.3) is 0 Å². The van der Waals surface area contributed by atoms with Crippen LogP contribution in [-0.4, -0.2) is 25.4 Å². The zero-order valence-corrected chi connectivity index (χ0v) is 11.2. The number of nitrogens with zero attached hydrogens (tertiary/aromatic N) is 1. The van der Waals surface area contributed by atoms with Crippen LogP contribution in [0.2, 0.25) is 0 Å². The first-order valence-corrected chi connectivity index (χ1v) is 6.01. The van der Waals surface area contributed by atoms with Crippen molar-refractivity contribution >= 4 is 5.69 Å². The van der Waals surface area contributed by atoms with Crippen molar-refractivity contribution < 1.29 is 9.84 Å². The molecule has 0 radical (unpaired) electrons. The normalized spacial score (nSPS) is 13.5. The van der Waals surface area contributed by atoms with Gasteiger partial charge in [-0.3, -0.25) is 0 Å². The van der Waals surface area contributed by atoms with Crippen molar-refractivity contribution in [2.75, 3.05) is 25.6 Å². The summed E-state index contributed by atoms with van der Waals surface area (Å²) < 4.78 is 5.24. The summed E-state index contributed by atoms with van der Waals surface area (Å²) in [6.45, 7) is 4.86. The van der Waals surface area contributed by atoms with E-state index in [1.165, 1.54) is 0 Å². The van der Waals surface area contributed by atoms with Gasteiger partial charge in [-0.1, -0.05) is 13.8 Å². The number of aliphatic hydroxyl groups is 1. The quantitative estimate of drug-likeness (QED) is 0.811. The van der Waals surface area contributed by atoms with E-state index in [0.29, 0.717) is 17.9 Å². The SMILES string of the molecule is CCC(C)(CO)CNc1ccc(C#N)cc1OC. The summed E-state index contributed by atoms with van der Waals surface area (Å²) in [5.74, 6) is 0.644. The van der Waals surface area contributed by atoms with Crippen molar-refractivity contribution in [3.8, 4) is 11.8 Å². The van der Waals surface area contributed by atoms with Crippen molar-refractivity contribution in [3.63, 3.8) is 0 Å². The lowest BCUT2D eigenvalue weighted by atomic mass is 9.88. The van der Waals surface area contributed by atoms with Crippen molar-refractivity contribution in [2.45, 2.75) is 20.3 Å². The molecule has 0 aliphatic rings. The van der Waals surface area contributed by atoms with Crippen molar-refractivity contribution in [1.82, 2.24) is 0 Å². The van der Waals surface area contributed by atoms with Crippen LogP contribution in [0.1, 0.15) is 25.8 Å². The van der Waals surface area contributed by atoms with Crippen LogP contribution in [0.3, 0.4) is 0 Å². The Bertz CT molecular complexity index is 434. The number of ether oxygens (including phenoxy) is 1. The van der Waals surface area contributed by atoms with Gasteiger partial charge < -0.3 is 15.2 Å². The zero-order valence-electron chi connectivity index (χ0n) is 11.2. The van der Waals surface area contributed by atoms with E-state index in [-0.39, 0.29) is 12.0 Å². The number of aliphatic hydroxyl groups excluding tert-OH is 1. The third-order valence-corrected chi connectivity index (χ3v) is 3.27. The molecule has 0 amide bonds. The molecule has 0 bridgehead atoms. The molecule has 4 heteroatoms. The number of hydrogen-bond acceptors (Lipinski definition) is 4. The van der Waals surface area contributed by atoms with Gasteiger partial charge in [0.05, 0.1) is 31.0 Å². The fourth-order valence-electron chi connectivity index (χ4n) is 1.51. The molecule has 0 aromatic heterocycles. The Morgan fingerprint density at radius 1 is 1.50 bits per heavy atom. The van der Waals surface area contributed by atoms with Gasteiger partial charge in [0.15, 0.2) is 0 Å². The Labute approximate surface area is 108 Å². The minimum Gasteiger partial charge on any atom is -0.495 e. The standard InChI is InChI=1S/C14H20N2O2/c1-4-14(2,10-17)9-16-12-6-5-11(8-15)7-13(12)18-3/h5-7,16-17H,4,9-10H2,1-3H3. The molecule has 0 aliphatic heterocycles. The van der Waals surface area contributed by atoms with E-state index in [9.17, 15) is 5.11 Å². The summed E-state index contributed by atoms with van der Waals surface area (Å²) in [4.78, 5) is 0. The summed E-state index contributed by atoms with van der Waals surface area (Å²) in [6, 6.07) is 7.34. The average molecular weight is 248 g/mol. The van der Waals surface area contributed by atoms with E-state index < -0.39 is 0 Å². The monoisotopic (exact) mass is 248 g/mol. The topological polar surface area (TPSA) is 65.3 Å². The van der Waals surface area contributed by atoms with Crippen LogP contribution in [0, 0.1) is 16.7 Å². The fourth-order valence-corrected chi connectivity index (χ4v) is 1.51. The molecule has 0 heterocycles. The van der Waals surface area contributed by atoms with Crippen molar-refractivity contribution in [2.24, 2.45) is 5.41 Å². The van der Waals surface area contributed by atoms with Crippen molar-refractivity contribution in [3.05, 3.63) is 23.8 Å². The highest BCUT2D eigenvalue weighted by Crippen LogP contribution is 2.28. The number of hydrogen-bond donors (Lipinski definition) is 2. The number of methoxy groups -OCH3 is 1. The summed E-state index contributed by atoms with van der Waals surface area (Å²) in [6.07, 6.45) is 0.884. The molecule has 98 valence electrons. The lowest BCUT2D eigenvalue weighted by Crippen LogP contribution is -2.29. The van der Waals surface area contributed by atoms with Gasteiger partial charge in [0.2, 0.25) is 0 Å². The highest BCUT2D eigenvalue weighted by Gasteiger charge is 2.21. The first-order valence-electron chi connectivity index (χ1n) is 6.01. The molecule has 1 unspecified atom stereocenters. The molecule has 0 saturated heterocycles. The Morgan fingerprint density at radius 2 is 2.22 bits per heavy atom. The van der Waals surface area contributed by atoms with E-state index in [0.717, 1.165) is 12.1 Å². The second-order valence-electron chi connectivity index (χ2n) is 4.70. The lowest BCUT2D eigenvalue weighted by Gasteiger charge is -2.26. The third kappa shape index (κ3) is 3.38.